The second-order valence-corrected chi connectivity index (χ2v) is 9.78. The van der Waals surface area contributed by atoms with Gasteiger partial charge in [-0.1, -0.05) is 42.1 Å². The van der Waals surface area contributed by atoms with Gasteiger partial charge in [-0.25, -0.2) is 4.79 Å². The standard InChI is InChI=1S/C31H31NO5S/c1-5-35-31(33)29(38-26-9-7-6-8-10-26)17-22-11-13-24(14-12-22)36-20-23-19-32-28-16-15-25(34-4)18-27(28)30(23)37-21(2)3/h6-19,21H,5,20H2,1-4H3/b29-17-. The summed E-state index contributed by atoms with van der Waals surface area (Å²) in [6.07, 6.45) is 3.60. The van der Waals surface area contributed by atoms with Crippen molar-refractivity contribution in [3.8, 4) is 17.2 Å². The highest BCUT2D eigenvalue weighted by molar-refractivity contribution is 8.04. The fourth-order valence-electron chi connectivity index (χ4n) is 3.71. The minimum Gasteiger partial charge on any atom is -0.497 e. The van der Waals surface area contributed by atoms with Crippen LogP contribution in [0.15, 0.2) is 88.8 Å². The summed E-state index contributed by atoms with van der Waals surface area (Å²) in [7, 11) is 1.64. The Balaban J connectivity index is 1.53. The Bertz CT molecular complexity index is 1400. The zero-order valence-electron chi connectivity index (χ0n) is 22.0. The molecule has 0 bridgehead atoms. The van der Waals surface area contributed by atoms with Crippen LogP contribution in [0.3, 0.4) is 0 Å². The molecule has 6 nitrogen and oxygen atoms in total. The molecule has 3 aromatic carbocycles. The van der Waals surface area contributed by atoms with Gasteiger partial charge in [0, 0.05) is 16.5 Å². The lowest BCUT2D eigenvalue weighted by molar-refractivity contribution is -0.137. The quantitative estimate of drug-likeness (QED) is 0.115. The lowest BCUT2D eigenvalue weighted by Gasteiger charge is -2.17. The summed E-state index contributed by atoms with van der Waals surface area (Å²) in [5.74, 6) is 1.82. The Hall–Kier alpha value is -3.97. The first-order valence-electron chi connectivity index (χ1n) is 12.4. The van der Waals surface area contributed by atoms with E-state index < -0.39 is 0 Å². The van der Waals surface area contributed by atoms with E-state index in [2.05, 4.69) is 4.98 Å². The van der Waals surface area contributed by atoms with E-state index in [-0.39, 0.29) is 18.7 Å². The first kappa shape index (κ1) is 27.1. The maximum absolute atomic E-state index is 12.6. The molecule has 0 amide bonds. The Morgan fingerprint density at radius 1 is 1.00 bits per heavy atom. The van der Waals surface area contributed by atoms with Crippen LogP contribution < -0.4 is 14.2 Å². The van der Waals surface area contributed by atoms with E-state index >= 15 is 0 Å². The minimum absolute atomic E-state index is 0.0148. The van der Waals surface area contributed by atoms with E-state index in [1.807, 2.05) is 92.7 Å². The number of carbonyl (C=O) groups is 1. The van der Waals surface area contributed by atoms with Crippen molar-refractivity contribution in [1.82, 2.24) is 4.98 Å². The molecule has 1 aromatic heterocycles. The van der Waals surface area contributed by atoms with Crippen LogP contribution in [0.25, 0.3) is 17.0 Å². The van der Waals surface area contributed by atoms with Gasteiger partial charge in [0.25, 0.3) is 0 Å². The first-order chi connectivity index (χ1) is 18.5. The van der Waals surface area contributed by atoms with Crippen LogP contribution >= 0.6 is 11.8 Å². The number of rotatable bonds is 11. The van der Waals surface area contributed by atoms with Crippen molar-refractivity contribution in [3.63, 3.8) is 0 Å². The van der Waals surface area contributed by atoms with Gasteiger partial charge in [0.15, 0.2) is 0 Å². The molecule has 0 radical (unpaired) electrons. The van der Waals surface area contributed by atoms with Crippen LogP contribution in [0.1, 0.15) is 31.9 Å². The maximum Gasteiger partial charge on any atom is 0.344 e. The molecule has 0 atom stereocenters. The Morgan fingerprint density at radius 3 is 2.42 bits per heavy atom. The highest BCUT2D eigenvalue weighted by Gasteiger charge is 2.15. The summed E-state index contributed by atoms with van der Waals surface area (Å²) in [6, 6.07) is 23.1. The highest BCUT2D eigenvalue weighted by atomic mass is 32.2. The number of thioether (sulfide) groups is 1. The molecule has 0 aliphatic rings. The number of hydrogen-bond acceptors (Lipinski definition) is 7. The maximum atomic E-state index is 12.6. The minimum atomic E-state index is -0.347. The van der Waals surface area contributed by atoms with Crippen molar-refractivity contribution < 1.29 is 23.7 Å². The molecule has 1 heterocycles. The third-order valence-electron chi connectivity index (χ3n) is 5.47. The van der Waals surface area contributed by atoms with E-state index in [4.69, 9.17) is 18.9 Å². The van der Waals surface area contributed by atoms with Crippen LogP contribution in [0.2, 0.25) is 0 Å². The highest BCUT2D eigenvalue weighted by Crippen LogP contribution is 2.33. The van der Waals surface area contributed by atoms with Gasteiger partial charge in [-0.3, -0.25) is 4.98 Å². The van der Waals surface area contributed by atoms with Gasteiger partial charge in [-0.05, 0) is 74.9 Å². The van der Waals surface area contributed by atoms with E-state index in [1.165, 1.54) is 11.8 Å². The molecule has 196 valence electrons. The van der Waals surface area contributed by atoms with Gasteiger partial charge in [-0.2, -0.15) is 0 Å². The Morgan fingerprint density at radius 2 is 1.74 bits per heavy atom. The number of aromatic nitrogens is 1. The number of ether oxygens (including phenoxy) is 4. The molecular formula is C31H31NO5S. The van der Waals surface area contributed by atoms with Crippen molar-refractivity contribution in [2.75, 3.05) is 13.7 Å². The third kappa shape index (κ3) is 7.07. The number of fused-ring (bicyclic) bond motifs is 1. The van der Waals surface area contributed by atoms with Gasteiger partial charge in [0.2, 0.25) is 0 Å². The Kier molecular flexibility index (Phi) is 9.27. The molecule has 4 rings (SSSR count). The molecule has 0 unspecified atom stereocenters. The van der Waals surface area contributed by atoms with Gasteiger partial charge in [0.1, 0.15) is 23.9 Å². The number of hydrogen-bond donors (Lipinski definition) is 0. The van der Waals surface area contributed by atoms with Gasteiger partial charge in [0.05, 0.1) is 35.8 Å². The number of carbonyl (C=O) groups excluding carboxylic acids is 1. The summed E-state index contributed by atoms with van der Waals surface area (Å²) >= 11 is 1.38. The number of benzene rings is 3. The second-order valence-electron chi connectivity index (χ2n) is 8.66. The third-order valence-corrected chi connectivity index (χ3v) is 6.49. The largest absolute Gasteiger partial charge is 0.497 e. The molecule has 0 saturated heterocycles. The van der Waals surface area contributed by atoms with Gasteiger partial charge >= 0.3 is 5.97 Å². The van der Waals surface area contributed by atoms with Crippen molar-refractivity contribution in [3.05, 3.63) is 95.0 Å². The van der Waals surface area contributed by atoms with Crippen LogP contribution in [-0.2, 0) is 16.1 Å². The fourth-order valence-corrected chi connectivity index (χ4v) is 4.60. The summed E-state index contributed by atoms with van der Waals surface area (Å²) in [4.78, 5) is 18.6. The van der Waals surface area contributed by atoms with Crippen LogP contribution in [0.5, 0.6) is 17.2 Å². The summed E-state index contributed by atoms with van der Waals surface area (Å²) in [5, 5.41) is 0.877. The molecule has 0 spiro atoms. The normalized spacial score (nSPS) is 11.4. The number of esters is 1. The van der Waals surface area contributed by atoms with Crippen LogP contribution in [0.4, 0.5) is 0 Å². The van der Waals surface area contributed by atoms with Gasteiger partial charge < -0.3 is 18.9 Å². The fraction of sp³-hybridized carbons (Fsp3) is 0.226. The summed E-state index contributed by atoms with van der Waals surface area (Å²) < 4.78 is 22.9. The smallest absolute Gasteiger partial charge is 0.344 e. The average Bonchev–Trinajstić information content (AvgIpc) is 2.93. The van der Waals surface area contributed by atoms with Crippen molar-refractivity contribution in [2.24, 2.45) is 0 Å². The summed E-state index contributed by atoms with van der Waals surface area (Å²) in [5.41, 5.74) is 2.53. The molecule has 4 aromatic rings. The second kappa shape index (κ2) is 13.0. The van der Waals surface area contributed by atoms with Crippen LogP contribution in [0, 0.1) is 0 Å². The molecule has 0 aliphatic carbocycles. The lowest BCUT2D eigenvalue weighted by atomic mass is 10.1. The monoisotopic (exact) mass is 529 g/mol. The number of pyridine rings is 1. The van der Waals surface area contributed by atoms with Gasteiger partial charge in [-0.15, -0.1) is 0 Å². The average molecular weight is 530 g/mol. The predicted octanol–water partition coefficient (Wildman–Crippen LogP) is 7.31. The van der Waals surface area contributed by atoms with Crippen molar-refractivity contribution >= 4 is 34.7 Å². The molecule has 0 aliphatic heterocycles. The van der Waals surface area contributed by atoms with E-state index in [0.717, 1.165) is 38.4 Å². The SMILES string of the molecule is CCOC(=O)/C(=C/c1ccc(OCc2cnc3ccc(OC)cc3c2OC(C)C)cc1)Sc1ccccc1. The van der Waals surface area contributed by atoms with E-state index in [0.29, 0.717) is 17.3 Å². The molecular weight excluding hydrogens is 498 g/mol. The first-order valence-corrected chi connectivity index (χ1v) is 13.2. The topological polar surface area (TPSA) is 66.9 Å². The lowest BCUT2D eigenvalue weighted by Crippen LogP contribution is -2.10. The van der Waals surface area contributed by atoms with Crippen molar-refractivity contribution in [1.29, 1.82) is 0 Å². The number of methoxy groups -OCH3 is 1. The zero-order chi connectivity index (χ0) is 26.9. The van der Waals surface area contributed by atoms with Crippen LogP contribution in [-0.4, -0.2) is 30.8 Å². The molecule has 38 heavy (non-hydrogen) atoms. The van der Waals surface area contributed by atoms with Crippen molar-refractivity contribution in [2.45, 2.75) is 38.4 Å². The Labute approximate surface area is 227 Å². The van der Waals surface area contributed by atoms with E-state index in [9.17, 15) is 4.79 Å². The molecule has 0 saturated carbocycles. The zero-order valence-corrected chi connectivity index (χ0v) is 22.8. The molecule has 7 heteroatoms. The summed E-state index contributed by atoms with van der Waals surface area (Å²) in [6.45, 7) is 6.38. The number of nitrogens with zero attached hydrogens (tertiary/aromatic N) is 1. The predicted molar refractivity (Wildman–Crippen MR) is 152 cm³/mol. The van der Waals surface area contributed by atoms with E-state index in [1.54, 1.807) is 20.2 Å². The molecule has 0 N–H and O–H groups in total. The molecule has 0 fully saturated rings.